The molecule has 2 unspecified atom stereocenters. The molecule has 0 aromatic rings. The van der Waals surface area contributed by atoms with Gasteiger partial charge in [-0.3, -0.25) is 4.79 Å². The van der Waals surface area contributed by atoms with Crippen molar-refractivity contribution in [1.29, 1.82) is 0 Å². The molecule has 0 heterocycles. The first kappa shape index (κ1) is 13.5. The van der Waals surface area contributed by atoms with Gasteiger partial charge in [0, 0.05) is 0 Å². The molecule has 0 spiro atoms. The van der Waals surface area contributed by atoms with Gasteiger partial charge < -0.3 is 5.11 Å². The van der Waals surface area contributed by atoms with Crippen LogP contribution in [-0.4, -0.2) is 18.9 Å². The predicted molar refractivity (Wildman–Crippen MR) is 62.5 cm³/mol. The second-order valence-corrected chi connectivity index (χ2v) is 4.30. The van der Waals surface area contributed by atoms with Crippen LogP contribution >= 0.6 is 0 Å². The van der Waals surface area contributed by atoms with Gasteiger partial charge in [-0.15, -0.1) is 0 Å². The molecular formula is C11H23BO2. The number of hydrogen-bond acceptors (Lipinski definition) is 1. The van der Waals surface area contributed by atoms with Crippen LogP contribution < -0.4 is 0 Å². The monoisotopic (exact) mass is 198 g/mol. The highest BCUT2D eigenvalue weighted by molar-refractivity contribution is 6.11. The molecule has 0 saturated heterocycles. The molecule has 0 aliphatic heterocycles. The lowest BCUT2D eigenvalue weighted by Gasteiger charge is -2.14. The third kappa shape index (κ3) is 6.06. The summed E-state index contributed by atoms with van der Waals surface area (Å²) in [7, 11) is 2.22. The van der Waals surface area contributed by atoms with Crippen molar-refractivity contribution in [2.45, 2.75) is 58.2 Å². The van der Waals surface area contributed by atoms with Crippen molar-refractivity contribution in [3.63, 3.8) is 0 Å². The Kier molecular flexibility index (Phi) is 7.63. The second kappa shape index (κ2) is 7.89. The topological polar surface area (TPSA) is 37.3 Å². The zero-order chi connectivity index (χ0) is 11.0. The van der Waals surface area contributed by atoms with Gasteiger partial charge in [0.1, 0.15) is 7.85 Å². The average molecular weight is 198 g/mol. The molecule has 2 nitrogen and oxygen atoms in total. The van der Waals surface area contributed by atoms with Gasteiger partial charge in [0.15, 0.2) is 0 Å². The van der Waals surface area contributed by atoms with E-state index in [0.29, 0.717) is 5.82 Å². The normalized spacial score (nSPS) is 15.0. The van der Waals surface area contributed by atoms with Crippen LogP contribution in [0.5, 0.6) is 0 Å². The predicted octanol–water partition coefficient (Wildman–Crippen LogP) is 2.49. The minimum atomic E-state index is -0.615. The zero-order valence-electron chi connectivity index (χ0n) is 9.75. The third-order valence-electron chi connectivity index (χ3n) is 2.78. The summed E-state index contributed by atoms with van der Waals surface area (Å²) in [6.45, 7) is 4.22. The Labute approximate surface area is 88.5 Å². The fourth-order valence-corrected chi connectivity index (χ4v) is 1.86. The molecule has 0 rings (SSSR count). The van der Waals surface area contributed by atoms with Gasteiger partial charge in [-0.25, -0.2) is 0 Å². The van der Waals surface area contributed by atoms with Crippen LogP contribution in [0.25, 0.3) is 0 Å². The molecule has 1 N–H and O–H groups in total. The van der Waals surface area contributed by atoms with Crippen molar-refractivity contribution in [1.82, 2.24) is 0 Å². The molecule has 0 amide bonds. The number of carboxylic acid groups (broad SMARTS) is 1. The summed E-state index contributed by atoms with van der Waals surface area (Å²) in [6.07, 6.45) is 6.13. The number of hydrogen-bond donors (Lipinski definition) is 1. The Morgan fingerprint density at radius 1 is 1.14 bits per heavy atom. The Balaban J connectivity index is 3.75. The van der Waals surface area contributed by atoms with Gasteiger partial charge in [0.05, 0.1) is 5.92 Å². The van der Waals surface area contributed by atoms with Crippen LogP contribution in [-0.2, 0) is 4.79 Å². The largest absolute Gasteiger partial charge is 0.481 e. The van der Waals surface area contributed by atoms with Crippen molar-refractivity contribution in [3.05, 3.63) is 0 Å². The molecule has 0 aliphatic carbocycles. The van der Waals surface area contributed by atoms with Crippen LogP contribution in [0.15, 0.2) is 0 Å². The third-order valence-corrected chi connectivity index (χ3v) is 2.78. The van der Waals surface area contributed by atoms with E-state index in [2.05, 4.69) is 14.8 Å². The molecule has 3 heteroatoms. The first-order valence-electron chi connectivity index (χ1n) is 5.84. The molecule has 14 heavy (non-hydrogen) atoms. The van der Waals surface area contributed by atoms with Gasteiger partial charge in [-0.2, -0.15) is 0 Å². The van der Waals surface area contributed by atoms with E-state index in [1.807, 2.05) is 6.92 Å². The maximum atomic E-state index is 10.9. The maximum absolute atomic E-state index is 10.9. The zero-order valence-corrected chi connectivity index (χ0v) is 9.75. The van der Waals surface area contributed by atoms with Crippen molar-refractivity contribution in [2.75, 3.05) is 0 Å². The van der Waals surface area contributed by atoms with E-state index in [1.165, 1.54) is 12.8 Å². The quantitative estimate of drug-likeness (QED) is 0.608. The highest BCUT2D eigenvalue weighted by atomic mass is 16.4. The molecule has 0 bridgehead atoms. The van der Waals surface area contributed by atoms with Crippen LogP contribution in [0, 0.1) is 5.92 Å². The lowest BCUT2D eigenvalue weighted by Crippen LogP contribution is -2.14. The Hall–Kier alpha value is -0.465. The summed E-state index contributed by atoms with van der Waals surface area (Å²) < 4.78 is 0. The number of carbonyl (C=O) groups is 1. The van der Waals surface area contributed by atoms with Gasteiger partial charge in [-0.1, -0.05) is 45.3 Å². The summed E-state index contributed by atoms with van der Waals surface area (Å²) in [5, 5.41) is 8.95. The molecule has 0 saturated carbocycles. The molecule has 0 radical (unpaired) electrons. The standard InChI is InChI=1S/C11H23BO2/c1-3-5-9(11(13)14)7-8-10(12)6-4-2/h9-10H,3-8,12H2,1-2H3,(H,13,14). The molecule has 0 aromatic heterocycles. The molecule has 0 aliphatic rings. The smallest absolute Gasteiger partial charge is 0.306 e. The summed E-state index contributed by atoms with van der Waals surface area (Å²) in [4.78, 5) is 10.9. The Morgan fingerprint density at radius 2 is 1.71 bits per heavy atom. The van der Waals surface area contributed by atoms with E-state index in [0.717, 1.165) is 25.7 Å². The molecule has 0 aromatic carbocycles. The van der Waals surface area contributed by atoms with Crippen LogP contribution in [0.3, 0.4) is 0 Å². The maximum Gasteiger partial charge on any atom is 0.306 e. The van der Waals surface area contributed by atoms with E-state index < -0.39 is 5.97 Å². The van der Waals surface area contributed by atoms with E-state index in [1.54, 1.807) is 0 Å². The van der Waals surface area contributed by atoms with Gasteiger partial charge in [-0.05, 0) is 12.8 Å². The van der Waals surface area contributed by atoms with Crippen LogP contribution in [0.1, 0.15) is 52.4 Å². The van der Waals surface area contributed by atoms with Crippen molar-refractivity contribution >= 4 is 13.8 Å². The van der Waals surface area contributed by atoms with E-state index in [-0.39, 0.29) is 5.92 Å². The summed E-state index contributed by atoms with van der Waals surface area (Å²) in [5.74, 6) is -0.0476. The molecule has 82 valence electrons. The first-order valence-corrected chi connectivity index (χ1v) is 5.84. The van der Waals surface area contributed by atoms with E-state index >= 15 is 0 Å². The van der Waals surface area contributed by atoms with Crippen LogP contribution in [0.2, 0.25) is 5.82 Å². The van der Waals surface area contributed by atoms with Gasteiger partial charge in [0.2, 0.25) is 0 Å². The lowest BCUT2D eigenvalue weighted by molar-refractivity contribution is -0.142. The first-order chi connectivity index (χ1) is 6.61. The molecule has 0 fully saturated rings. The van der Waals surface area contributed by atoms with Gasteiger partial charge in [0.25, 0.3) is 0 Å². The SMILES string of the molecule is BC(CCC)CCC(CCC)C(=O)O. The highest BCUT2D eigenvalue weighted by Gasteiger charge is 2.16. The fraction of sp³-hybridized carbons (Fsp3) is 0.909. The van der Waals surface area contributed by atoms with Crippen molar-refractivity contribution < 1.29 is 9.90 Å². The Bertz CT molecular complexity index is 159. The fourth-order valence-electron chi connectivity index (χ4n) is 1.86. The number of carboxylic acids is 1. The second-order valence-electron chi connectivity index (χ2n) is 4.30. The summed E-state index contributed by atoms with van der Waals surface area (Å²) in [6, 6.07) is 0. The van der Waals surface area contributed by atoms with Crippen molar-refractivity contribution in [2.24, 2.45) is 5.92 Å². The van der Waals surface area contributed by atoms with Gasteiger partial charge >= 0.3 is 5.97 Å². The van der Waals surface area contributed by atoms with E-state index in [4.69, 9.17) is 5.11 Å². The summed E-state index contributed by atoms with van der Waals surface area (Å²) >= 11 is 0. The minimum Gasteiger partial charge on any atom is -0.481 e. The van der Waals surface area contributed by atoms with Crippen molar-refractivity contribution in [3.8, 4) is 0 Å². The minimum absolute atomic E-state index is 0.112. The number of rotatable bonds is 8. The molecular weight excluding hydrogens is 175 g/mol. The molecule has 2 atom stereocenters. The summed E-state index contributed by atoms with van der Waals surface area (Å²) in [5.41, 5.74) is 0. The number of aliphatic carboxylic acids is 1. The van der Waals surface area contributed by atoms with E-state index in [9.17, 15) is 4.79 Å². The lowest BCUT2D eigenvalue weighted by atomic mass is 9.78. The average Bonchev–Trinajstić information content (AvgIpc) is 2.12. The van der Waals surface area contributed by atoms with Crippen LogP contribution in [0.4, 0.5) is 0 Å². The highest BCUT2D eigenvalue weighted by Crippen LogP contribution is 2.22. The Morgan fingerprint density at radius 3 is 2.14 bits per heavy atom.